The number of nitro benzene ring substituents is 1. The number of nitro groups is 1. The number of nitrogens with one attached hydrogen (secondary N) is 2. The lowest BCUT2D eigenvalue weighted by Gasteiger charge is -2.17. The molecule has 2 rings (SSSR count). The average molecular weight is 361 g/mol. The Bertz CT molecular complexity index is 733. The van der Waals surface area contributed by atoms with E-state index in [0.29, 0.717) is 13.1 Å². The fraction of sp³-hybridized carbons (Fsp3) is 0.389. The van der Waals surface area contributed by atoms with Gasteiger partial charge in [0.1, 0.15) is 0 Å². The molecule has 1 amide bonds. The van der Waals surface area contributed by atoms with Crippen LogP contribution >= 0.6 is 11.3 Å². The normalized spacial score (nSPS) is 11.3. The smallest absolute Gasteiger partial charge is 0.269 e. The monoisotopic (exact) mass is 361 g/mol. The Morgan fingerprint density at radius 1 is 1.12 bits per heavy atom. The molecule has 0 unspecified atom stereocenters. The zero-order valence-corrected chi connectivity index (χ0v) is 15.5. The predicted octanol–water partition coefficient (Wildman–Crippen LogP) is 3.58. The molecule has 2 aromatic rings. The van der Waals surface area contributed by atoms with E-state index >= 15 is 0 Å². The Hall–Kier alpha value is -2.25. The molecule has 0 aliphatic heterocycles. The van der Waals surface area contributed by atoms with Crippen LogP contribution in [0, 0.1) is 15.5 Å². The SMILES string of the molecule is CC(C)(C)C(=O)NCCNCc1ccc(-c2ccc([N+](=O)[O-])cc2)s1. The second-order valence-electron chi connectivity index (χ2n) is 6.75. The molecule has 0 radical (unpaired) electrons. The Labute approximate surface area is 151 Å². The maximum absolute atomic E-state index is 11.7. The minimum atomic E-state index is -0.397. The van der Waals surface area contributed by atoms with Crippen molar-refractivity contribution in [3.05, 3.63) is 51.4 Å². The van der Waals surface area contributed by atoms with Crippen LogP contribution in [0.4, 0.5) is 5.69 Å². The van der Waals surface area contributed by atoms with Crippen LogP contribution in [0.5, 0.6) is 0 Å². The largest absolute Gasteiger partial charge is 0.354 e. The van der Waals surface area contributed by atoms with Gasteiger partial charge in [0.25, 0.3) is 5.69 Å². The van der Waals surface area contributed by atoms with E-state index in [1.165, 1.54) is 17.0 Å². The van der Waals surface area contributed by atoms with Gasteiger partial charge in [0.15, 0.2) is 0 Å². The minimum Gasteiger partial charge on any atom is -0.354 e. The molecular weight excluding hydrogens is 338 g/mol. The Kier molecular flexibility index (Phi) is 6.27. The highest BCUT2D eigenvalue weighted by atomic mass is 32.1. The summed E-state index contributed by atoms with van der Waals surface area (Å²) in [6, 6.07) is 10.6. The Balaban J connectivity index is 1.80. The van der Waals surface area contributed by atoms with E-state index in [4.69, 9.17) is 0 Å². The highest BCUT2D eigenvalue weighted by Crippen LogP contribution is 2.29. The van der Waals surface area contributed by atoms with Gasteiger partial charge in [-0.05, 0) is 29.8 Å². The fourth-order valence-electron chi connectivity index (χ4n) is 2.12. The van der Waals surface area contributed by atoms with Crippen molar-refractivity contribution in [3.63, 3.8) is 0 Å². The van der Waals surface area contributed by atoms with Gasteiger partial charge < -0.3 is 10.6 Å². The van der Waals surface area contributed by atoms with Crippen molar-refractivity contribution in [1.29, 1.82) is 0 Å². The number of carbonyl (C=O) groups is 1. The molecule has 134 valence electrons. The van der Waals surface area contributed by atoms with Crippen LogP contribution in [-0.4, -0.2) is 23.9 Å². The number of rotatable bonds is 7. The molecule has 0 spiro atoms. The number of hydrogen-bond donors (Lipinski definition) is 2. The molecular formula is C18H23N3O3S. The second-order valence-corrected chi connectivity index (χ2v) is 7.92. The first kappa shape index (κ1) is 19.1. The van der Waals surface area contributed by atoms with Crippen LogP contribution in [-0.2, 0) is 11.3 Å². The van der Waals surface area contributed by atoms with Crippen molar-refractivity contribution in [2.24, 2.45) is 5.41 Å². The summed E-state index contributed by atoms with van der Waals surface area (Å²) in [5, 5.41) is 16.9. The van der Waals surface area contributed by atoms with Gasteiger partial charge in [0.05, 0.1) is 4.92 Å². The Morgan fingerprint density at radius 3 is 2.40 bits per heavy atom. The van der Waals surface area contributed by atoms with Gasteiger partial charge >= 0.3 is 0 Å². The number of nitrogens with zero attached hydrogens (tertiary/aromatic N) is 1. The maximum Gasteiger partial charge on any atom is 0.269 e. The molecule has 0 atom stereocenters. The van der Waals surface area contributed by atoms with Crippen LogP contribution in [0.2, 0.25) is 0 Å². The number of thiophene rings is 1. The van der Waals surface area contributed by atoms with Crippen molar-refractivity contribution in [2.45, 2.75) is 27.3 Å². The zero-order valence-electron chi connectivity index (χ0n) is 14.7. The van der Waals surface area contributed by atoms with Crippen molar-refractivity contribution in [3.8, 4) is 10.4 Å². The molecule has 25 heavy (non-hydrogen) atoms. The van der Waals surface area contributed by atoms with Crippen molar-refractivity contribution < 1.29 is 9.72 Å². The molecule has 1 aromatic heterocycles. The van der Waals surface area contributed by atoms with E-state index in [9.17, 15) is 14.9 Å². The van der Waals surface area contributed by atoms with E-state index in [2.05, 4.69) is 10.6 Å². The summed E-state index contributed by atoms with van der Waals surface area (Å²) in [4.78, 5) is 24.3. The lowest BCUT2D eigenvalue weighted by Crippen LogP contribution is -2.38. The summed E-state index contributed by atoms with van der Waals surface area (Å²) in [5.74, 6) is 0.0471. The standard InChI is InChI=1S/C18H23N3O3S/c1-18(2,3)17(22)20-11-10-19-12-15-8-9-16(25-15)13-4-6-14(7-5-13)21(23)24/h4-9,19H,10-12H2,1-3H3,(H,20,22). The number of non-ortho nitro benzene ring substituents is 1. The zero-order chi connectivity index (χ0) is 18.4. The van der Waals surface area contributed by atoms with Crippen LogP contribution in [0.25, 0.3) is 10.4 Å². The molecule has 0 saturated heterocycles. The quantitative estimate of drug-likeness (QED) is 0.448. The summed E-state index contributed by atoms with van der Waals surface area (Å²) < 4.78 is 0. The van der Waals surface area contributed by atoms with Crippen LogP contribution in [0.3, 0.4) is 0 Å². The average Bonchev–Trinajstić information content (AvgIpc) is 3.02. The van der Waals surface area contributed by atoms with Gasteiger partial charge in [-0.15, -0.1) is 11.3 Å². The van der Waals surface area contributed by atoms with Crippen molar-refractivity contribution in [2.75, 3.05) is 13.1 Å². The third kappa shape index (κ3) is 5.65. The van der Waals surface area contributed by atoms with Gasteiger partial charge in [-0.1, -0.05) is 20.8 Å². The lowest BCUT2D eigenvalue weighted by molar-refractivity contribution is -0.384. The molecule has 0 bridgehead atoms. The maximum atomic E-state index is 11.7. The third-order valence-corrected chi connectivity index (χ3v) is 4.73. The highest BCUT2D eigenvalue weighted by Gasteiger charge is 2.20. The molecule has 0 saturated carbocycles. The summed E-state index contributed by atoms with van der Waals surface area (Å²) >= 11 is 1.65. The summed E-state index contributed by atoms with van der Waals surface area (Å²) in [6.07, 6.45) is 0. The van der Waals surface area contributed by atoms with E-state index in [1.807, 2.05) is 32.9 Å². The molecule has 6 nitrogen and oxygen atoms in total. The minimum absolute atomic E-state index is 0.0471. The van der Waals surface area contributed by atoms with Gasteiger partial charge in [-0.2, -0.15) is 0 Å². The summed E-state index contributed by atoms with van der Waals surface area (Å²) in [6.45, 7) is 7.69. The molecule has 0 aliphatic carbocycles. The first-order chi connectivity index (χ1) is 11.8. The molecule has 0 fully saturated rings. The first-order valence-electron chi connectivity index (χ1n) is 8.10. The van der Waals surface area contributed by atoms with Gasteiger partial charge in [-0.25, -0.2) is 0 Å². The molecule has 1 heterocycles. The number of amides is 1. The topological polar surface area (TPSA) is 84.3 Å². The molecule has 2 N–H and O–H groups in total. The first-order valence-corrected chi connectivity index (χ1v) is 8.91. The van der Waals surface area contributed by atoms with Crippen molar-refractivity contribution >= 4 is 22.9 Å². The molecule has 0 aliphatic rings. The van der Waals surface area contributed by atoms with Crippen LogP contribution in [0.1, 0.15) is 25.6 Å². The van der Waals surface area contributed by atoms with Gasteiger partial charge in [0.2, 0.25) is 5.91 Å². The van der Waals surface area contributed by atoms with Gasteiger partial charge in [0, 0.05) is 46.9 Å². The van der Waals surface area contributed by atoms with E-state index in [1.54, 1.807) is 23.5 Å². The summed E-state index contributed by atoms with van der Waals surface area (Å²) in [5.41, 5.74) is 0.701. The number of hydrogen-bond acceptors (Lipinski definition) is 5. The van der Waals surface area contributed by atoms with Crippen LogP contribution in [0.15, 0.2) is 36.4 Å². The van der Waals surface area contributed by atoms with Crippen molar-refractivity contribution in [1.82, 2.24) is 10.6 Å². The fourth-order valence-corrected chi connectivity index (χ4v) is 3.10. The summed E-state index contributed by atoms with van der Waals surface area (Å²) in [7, 11) is 0. The van der Waals surface area contributed by atoms with E-state index < -0.39 is 4.92 Å². The van der Waals surface area contributed by atoms with Gasteiger partial charge in [-0.3, -0.25) is 14.9 Å². The number of carbonyl (C=O) groups excluding carboxylic acids is 1. The predicted molar refractivity (Wildman–Crippen MR) is 101 cm³/mol. The lowest BCUT2D eigenvalue weighted by atomic mass is 9.96. The molecule has 7 heteroatoms. The van der Waals surface area contributed by atoms with Crippen LogP contribution < -0.4 is 10.6 Å². The third-order valence-electron chi connectivity index (χ3n) is 3.59. The van der Waals surface area contributed by atoms with E-state index in [-0.39, 0.29) is 17.0 Å². The Morgan fingerprint density at radius 2 is 1.80 bits per heavy atom. The highest BCUT2D eigenvalue weighted by molar-refractivity contribution is 7.15. The number of benzene rings is 1. The van der Waals surface area contributed by atoms with E-state index in [0.717, 1.165) is 17.0 Å². The molecule has 1 aromatic carbocycles. The second kappa shape index (κ2) is 8.22.